The van der Waals surface area contributed by atoms with E-state index in [1.165, 1.54) is 42.3 Å². The van der Waals surface area contributed by atoms with Crippen molar-refractivity contribution in [3.05, 3.63) is 53.8 Å². The Morgan fingerprint density at radius 3 is 2.45 bits per heavy atom. The number of halogens is 1. The number of anilines is 1. The molecule has 0 spiro atoms. The van der Waals surface area contributed by atoms with Crippen molar-refractivity contribution in [3.63, 3.8) is 0 Å². The van der Waals surface area contributed by atoms with Crippen LogP contribution in [0.4, 0.5) is 10.1 Å². The van der Waals surface area contributed by atoms with Crippen molar-refractivity contribution < 1.29 is 19.0 Å². The largest absolute Gasteiger partial charge is 0.508 e. The summed E-state index contributed by atoms with van der Waals surface area (Å²) in [5.74, 6) is -0.668. The van der Waals surface area contributed by atoms with Gasteiger partial charge in [-0.1, -0.05) is 0 Å². The lowest BCUT2D eigenvalue weighted by molar-refractivity contribution is 0.0992. The average Bonchev–Trinajstić information content (AvgIpc) is 2.47. The first kappa shape index (κ1) is 13.9. The standard InChI is InChI=1S/C15H14FNO3/c1-17(11-4-6-12(18)7-5-11)15(19)10-3-8-13(16)14(9-10)20-2/h3-9,18H,1-2H3. The molecule has 0 aliphatic rings. The molecule has 0 radical (unpaired) electrons. The number of carbonyl (C=O) groups excluding carboxylic acids is 1. The molecule has 0 aliphatic carbocycles. The van der Waals surface area contributed by atoms with Crippen molar-refractivity contribution in [1.82, 2.24) is 0 Å². The number of methoxy groups -OCH3 is 1. The van der Waals surface area contributed by atoms with Crippen LogP contribution < -0.4 is 9.64 Å². The molecular weight excluding hydrogens is 261 g/mol. The summed E-state index contributed by atoms with van der Waals surface area (Å²) in [6.45, 7) is 0. The maximum Gasteiger partial charge on any atom is 0.258 e. The average molecular weight is 275 g/mol. The van der Waals surface area contributed by atoms with Gasteiger partial charge in [-0.15, -0.1) is 0 Å². The van der Waals surface area contributed by atoms with Gasteiger partial charge in [0.05, 0.1) is 7.11 Å². The lowest BCUT2D eigenvalue weighted by Crippen LogP contribution is -2.26. The fraction of sp³-hybridized carbons (Fsp3) is 0.133. The van der Waals surface area contributed by atoms with Crippen molar-refractivity contribution >= 4 is 11.6 Å². The van der Waals surface area contributed by atoms with Crippen LogP contribution in [0.2, 0.25) is 0 Å². The van der Waals surface area contributed by atoms with E-state index in [2.05, 4.69) is 0 Å². The van der Waals surface area contributed by atoms with Crippen LogP contribution in [0.5, 0.6) is 11.5 Å². The van der Waals surface area contributed by atoms with Gasteiger partial charge in [0.1, 0.15) is 5.75 Å². The molecule has 0 saturated heterocycles. The van der Waals surface area contributed by atoms with Crippen LogP contribution in [0.3, 0.4) is 0 Å². The summed E-state index contributed by atoms with van der Waals surface area (Å²) in [6, 6.07) is 10.2. The zero-order chi connectivity index (χ0) is 14.7. The van der Waals surface area contributed by atoms with E-state index >= 15 is 0 Å². The van der Waals surface area contributed by atoms with Crippen LogP contribution in [0.1, 0.15) is 10.4 Å². The molecule has 2 rings (SSSR count). The van der Waals surface area contributed by atoms with Crippen molar-refractivity contribution in [2.75, 3.05) is 19.1 Å². The van der Waals surface area contributed by atoms with Crippen LogP contribution in [-0.4, -0.2) is 25.2 Å². The summed E-state index contributed by atoms with van der Waals surface area (Å²) in [7, 11) is 2.95. The number of aromatic hydroxyl groups is 1. The number of phenols is 1. The van der Waals surface area contributed by atoms with E-state index in [1.807, 2.05) is 0 Å². The Balaban J connectivity index is 2.28. The highest BCUT2D eigenvalue weighted by Crippen LogP contribution is 2.22. The first-order valence-electron chi connectivity index (χ1n) is 5.93. The maximum atomic E-state index is 13.3. The van der Waals surface area contributed by atoms with Gasteiger partial charge in [0.15, 0.2) is 11.6 Å². The Labute approximate surface area is 116 Å². The van der Waals surface area contributed by atoms with Crippen molar-refractivity contribution in [3.8, 4) is 11.5 Å². The maximum absolute atomic E-state index is 13.3. The number of nitrogens with zero attached hydrogens (tertiary/aromatic N) is 1. The summed E-state index contributed by atoms with van der Waals surface area (Å²) in [6.07, 6.45) is 0. The van der Waals surface area contributed by atoms with E-state index in [4.69, 9.17) is 4.74 Å². The summed E-state index contributed by atoms with van der Waals surface area (Å²) in [5, 5.41) is 9.23. The molecular formula is C15H14FNO3. The zero-order valence-corrected chi connectivity index (χ0v) is 11.1. The van der Waals surface area contributed by atoms with E-state index < -0.39 is 5.82 Å². The second-order valence-electron chi connectivity index (χ2n) is 4.23. The Morgan fingerprint density at radius 2 is 1.85 bits per heavy atom. The van der Waals surface area contributed by atoms with E-state index in [1.54, 1.807) is 19.2 Å². The Bertz CT molecular complexity index is 626. The number of rotatable bonds is 3. The van der Waals surface area contributed by atoms with Gasteiger partial charge in [0.25, 0.3) is 5.91 Å². The van der Waals surface area contributed by atoms with Crippen LogP contribution in [-0.2, 0) is 0 Å². The molecule has 0 fully saturated rings. The van der Waals surface area contributed by atoms with E-state index in [0.29, 0.717) is 11.3 Å². The van der Waals surface area contributed by atoms with Gasteiger partial charge in [-0.25, -0.2) is 4.39 Å². The lowest BCUT2D eigenvalue weighted by Gasteiger charge is -2.17. The molecule has 2 aromatic rings. The lowest BCUT2D eigenvalue weighted by atomic mass is 10.1. The summed E-state index contributed by atoms with van der Waals surface area (Å²) >= 11 is 0. The Morgan fingerprint density at radius 1 is 1.20 bits per heavy atom. The first-order valence-corrected chi connectivity index (χ1v) is 5.93. The predicted molar refractivity (Wildman–Crippen MR) is 73.8 cm³/mol. The third-order valence-electron chi connectivity index (χ3n) is 2.94. The van der Waals surface area contributed by atoms with Crippen LogP contribution >= 0.6 is 0 Å². The molecule has 0 atom stereocenters. The Kier molecular flexibility index (Phi) is 3.89. The molecule has 0 heterocycles. The van der Waals surface area contributed by atoms with Gasteiger partial charge >= 0.3 is 0 Å². The molecule has 0 saturated carbocycles. The van der Waals surface area contributed by atoms with E-state index in [9.17, 15) is 14.3 Å². The third-order valence-corrected chi connectivity index (χ3v) is 2.94. The third kappa shape index (κ3) is 2.71. The van der Waals surface area contributed by atoms with E-state index in [0.717, 1.165) is 0 Å². The zero-order valence-electron chi connectivity index (χ0n) is 11.1. The number of hydrogen-bond acceptors (Lipinski definition) is 3. The number of benzene rings is 2. The molecule has 0 bridgehead atoms. The molecule has 104 valence electrons. The van der Waals surface area contributed by atoms with Gasteiger partial charge in [-0.2, -0.15) is 0 Å². The van der Waals surface area contributed by atoms with Gasteiger partial charge < -0.3 is 14.7 Å². The van der Waals surface area contributed by atoms with Gasteiger partial charge in [-0.05, 0) is 42.5 Å². The van der Waals surface area contributed by atoms with Crippen molar-refractivity contribution in [1.29, 1.82) is 0 Å². The molecule has 0 unspecified atom stereocenters. The molecule has 20 heavy (non-hydrogen) atoms. The Hall–Kier alpha value is -2.56. The van der Waals surface area contributed by atoms with Crippen LogP contribution in [0.15, 0.2) is 42.5 Å². The smallest absolute Gasteiger partial charge is 0.258 e. The molecule has 1 N–H and O–H groups in total. The molecule has 0 aromatic heterocycles. The highest BCUT2D eigenvalue weighted by molar-refractivity contribution is 6.05. The molecule has 2 aromatic carbocycles. The quantitative estimate of drug-likeness (QED) is 0.937. The highest BCUT2D eigenvalue weighted by Gasteiger charge is 2.15. The normalized spacial score (nSPS) is 10.2. The molecule has 1 amide bonds. The van der Waals surface area contributed by atoms with Crippen molar-refractivity contribution in [2.45, 2.75) is 0 Å². The van der Waals surface area contributed by atoms with Gasteiger partial charge in [-0.3, -0.25) is 4.79 Å². The number of hydrogen-bond donors (Lipinski definition) is 1. The van der Waals surface area contributed by atoms with Crippen LogP contribution in [0, 0.1) is 5.82 Å². The number of phenolic OH excluding ortho intramolecular Hbond substituents is 1. The monoisotopic (exact) mass is 275 g/mol. The van der Waals surface area contributed by atoms with Gasteiger partial charge in [0, 0.05) is 18.3 Å². The predicted octanol–water partition coefficient (Wildman–Crippen LogP) is 2.82. The summed E-state index contributed by atoms with van der Waals surface area (Å²) in [5.41, 5.74) is 0.940. The number of amides is 1. The highest BCUT2D eigenvalue weighted by atomic mass is 19.1. The molecule has 0 aliphatic heterocycles. The minimum Gasteiger partial charge on any atom is -0.508 e. The first-order chi connectivity index (χ1) is 9.52. The molecule has 5 heteroatoms. The number of ether oxygens (including phenoxy) is 1. The van der Waals surface area contributed by atoms with Gasteiger partial charge in [0.2, 0.25) is 0 Å². The fourth-order valence-electron chi connectivity index (χ4n) is 1.78. The van der Waals surface area contributed by atoms with Crippen molar-refractivity contribution in [2.24, 2.45) is 0 Å². The summed E-state index contributed by atoms with van der Waals surface area (Å²) in [4.78, 5) is 13.7. The number of carbonyl (C=O) groups is 1. The topological polar surface area (TPSA) is 49.8 Å². The van der Waals surface area contributed by atoms with Crippen LogP contribution in [0.25, 0.3) is 0 Å². The summed E-state index contributed by atoms with van der Waals surface area (Å²) < 4.78 is 18.2. The minimum absolute atomic E-state index is 0.0231. The minimum atomic E-state index is -0.517. The second-order valence-corrected chi connectivity index (χ2v) is 4.23. The van der Waals surface area contributed by atoms with E-state index in [-0.39, 0.29) is 17.4 Å². The molecule has 4 nitrogen and oxygen atoms in total. The SMILES string of the molecule is COc1cc(C(=O)N(C)c2ccc(O)cc2)ccc1F. The second kappa shape index (κ2) is 5.61. The fourth-order valence-corrected chi connectivity index (χ4v) is 1.78.